The van der Waals surface area contributed by atoms with Crippen molar-refractivity contribution in [2.75, 3.05) is 7.11 Å². The summed E-state index contributed by atoms with van der Waals surface area (Å²) in [5.74, 6) is -3.02. The number of hydrogen-bond acceptors (Lipinski definition) is 3. The molecule has 0 aliphatic heterocycles. The van der Waals surface area contributed by atoms with E-state index in [4.69, 9.17) is 21.1 Å². The van der Waals surface area contributed by atoms with Crippen LogP contribution in [-0.4, -0.2) is 13.1 Å². The van der Waals surface area contributed by atoms with Crippen LogP contribution in [0.2, 0.25) is 5.02 Å². The van der Waals surface area contributed by atoms with Crippen molar-refractivity contribution >= 4 is 17.6 Å². The summed E-state index contributed by atoms with van der Waals surface area (Å²) in [6.07, 6.45) is -4.30. The fraction of sp³-hybridized carbons (Fsp3) is 0.269. The number of esters is 1. The van der Waals surface area contributed by atoms with Gasteiger partial charge < -0.3 is 9.47 Å². The van der Waals surface area contributed by atoms with Crippen LogP contribution in [0.1, 0.15) is 37.3 Å². The lowest BCUT2D eigenvalue weighted by atomic mass is 9.88. The van der Waals surface area contributed by atoms with Gasteiger partial charge in [0.1, 0.15) is 23.1 Å². The maximum absolute atomic E-state index is 13.7. The van der Waals surface area contributed by atoms with Crippen LogP contribution >= 0.6 is 11.6 Å². The molecule has 0 aromatic heterocycles. The minimum absolute atomic E-state index is 0.0728. The maximum Gasteiger partial charge on any atom is 0.417 e. The average Bonchev–Trinajstić information content (AvgIpc) is 2.75. The SMILES string of the molecule is COC(=O)C(CC(C)C)c1cc(Oc2cc(F)cc(F)c2)cc(-c2ccc(Cl)c(C(F)(F)F)c2)c1. The Morgan fingerprint density at radius 1 is 0.914 bits per heavy atom. The zero-order valence-electron chi connectivity index (χ0n) is 19.1. The molecule has 0 N–H and O–H groups in total. The largest absolute Gasteiger partial charge is 0.469 e. The summed E-state index contributed by atoms with van der Waals surface area (Å²) in [5, 5.41) is -0.462. The molecule has 35 heavy (non-hydrogen) atoms. The number of carbonyl (C=O) groups excluding carboxylic acids is 1. The minimum atomic E-state index is -4.69. The van der Waals surface area contributed by atoms with Crippen LogP contribution in [0.3, 0.4) is 0 Å². The molecule has 0 aliphatic carbocycles. The molecule has 3 nitrogen and oxygen atoms in total. The highest BCUT2D eigenvalue weighted by Gasteiger charge is 2.33. The summed E-state index contributed by atoms with van der Waals surface area (Å²) in [6, 6.07) is 10.5. The molecule has 0 heterocycles. The van der Waals surface area contributed by atoms with Gasteiger partial charge in [0.2, 0.25) is 0 Å². The molecule has 186 valence electrons. The standard InChI is InChI=1S/C26H22ClF5O3/c1-14(2)6-22(25(33)34-3)17-7-16(15-4-5-24(27)23(10-15)26(30,31)32)8-20(9-17)35-21-12-18(28)11-19(29)13-21/h4-5,7-14,22H,6H2,1-3H3. The number of benzene rings is 3. The normalized spacial score (nSPS) is 12.5. The first kappa shape index (κ1) is 26.5. The second-order valence-electron chi connectivity index (χ2n) is 8.40. The molecular weight excluding hydrogens is 491 g/mol. The quantitative estimate of drug-likeness (QED) is 0.235. The molecule has 0 bridgehead atoms. The summed E-state index contributed by atoms with van der Waals surface area (Å²) in [4.78, 5) is 12.6. The van der Waals surface area contributed by atoms with Gasteiger partial charge in [-0.2, -0.15) is 13.2 Å². The van der Waals surface area contributed by atoms with Gasteiger partial charge in [0.15, 0.2) is 0 Å². The van der Waals surface area contributed by atoms with Crippen molar-refractivity contribution in [3.05, 3.63) is 82.4 Å². The van der Waals surface area contributed by atoms with Crippen LogP contribution in [0.25, 0.3) is 11.1 Å². The minimum Gasteiger partial charge on any atom is -0.469 e. The fourth-order valence-electron chi connectivity index (χ4n) is 3.68. The molecule has 0 saturated heterocycles. The van der Waals surface area contributed by atoms with Crippen molar-refractivity contribution in [3.63, 3.8) is 0 Å². The van der Waals surface area contributed by atoms with Gasteiger partial charge in [-0.15, -0.1) is 0 Å². The van der Waals surface area contributed by atoms with Crippen molar-refractivity contribution in [3.8, 4) is 22.6 Å². The first-order chi connectivity index (χ1) is 16.4. The Balaban J connectivity index is 2.18. The number of hydrogen-bond donors (Lipinski definition) is 0. The topological polar surface area (TPSA) is 35.5 Å². The molecule has 1 unspecified atom stereocenters. The summed E-state index contributed by atoms with van der Waals surface area (Å²) >= 11 is 5.76. The van der Waals surface area contributed by atoms with Gasteiger partial charge in [0.25, 0.3) is 0 Å². The molecule has 0 amide bonds. The monoisotopic (exact) mass is 512 g/mol. The lowest BCUT2D eigenvalue weighted by Gasteiger charge is -2.20. The van der Waals surface area contributed by atoms with E-state index in [1.807, 2.05) is 13.8 Å². The van der Waals surface area contributed by atoms with Gasteiger partial charge in [-0.05, 0) is 53.3 Å². The van der Waals surface area contributed by atoms with E-state index in [0.717, 1.165) is 24.3 Å². The second-order valence-corrected chi connectivity index (χ2v) is 8.80. The van der Waals surface area contributed by atoms with E-state index in [0.29, 0.717) is 18.1 Å². The van der Waals surface area contributed by atoms with Gasteiger partial charge in [-0.3, -0.25) is 4.79 Å². The highest BCUT2D eigenvalue weighted by atomic mass is 35.5. The highest BCUT2D eigenvalue weighted by molar-refractivity contribution is 6.31. The molecule has 3 rings (SSSR count). The van der Waals surface area contributed by atoms with Crippen molar-refractivity contribution < 1.29 is 36.2 Å². The van der Waals surface area contributed by atoms with E-state index in [2.05, 4.69) is 0 Å². The first-order valence-electron chi connectivity index (χ1n) is 10.6. The van der Waals surface area contributed by atoms with Crippen LogP contribution in [0.5, 0.6) is 11.5 Å². The Morgan fingerprint density at radius 2 is 1.54 bits per heavy atom. The van der Waals surface area contributed by atoms with Gasteiger partial charge in [0.05, 0.1) is 23.6 Å². The predicted molar refractivity (Wildman–Crippen MR) is 123 cm³/mol. The molecular formula is C26H22ClF5O3. The Hall–Kier alpha value is -3.13. The molecule has 1 atom stereocenters. The zero-order valence-corrected chi connectivity index (χ0v) is 19.8. The molecule has 9 heteroatoms. The van der Waals surface area contributed by atoms with Crippen LogP contribution in [0, 0.1) is 17.6 Å². The van der Waals surface area contributed by atoms with Crippen molar-refractivity contribution in [1.82, 2.24) is 0 Å². The molecule has 0 fully saturated rings. The van der Waals surface area contributed by atoms with E-state index < -0.39 is 40.3 Å². The Morgan fingerprint density at radius 3 is 2.11 bits per heavy atom. The Kier molecular flexibility index (Phi) is 8.05. The molecule has 0 saturated carbocycles. The van der Waals surface area contributed by atoms with Gasteiger partial charge >= 0.3 is 12.1 Å². The van der Waals surface area contributed by atoms with Gasteiger partial charge in [-0.1, -0.05) is 37.6 Å². The van der Waals surface area contributed by atoms with Crippen molar-refractivity contribution in [1.29, 1.82) is 0 Å². The second kappa shape index (κ2) is 10.6. The number of carbonyl (C=O) groups is 1. The molecule has 3 aromatic carbocycles. The highest BCUT2D eigenvalue weighted by Crippen LogP contribution is 2.40. The molecule has 0 aliphatic rings. The Bertz CT molecular complexity index is 1200. The third-order valence-electron chi connectivity index (χ3n) is 5.20. The number of ether oxygens (including phenoxy) is 2. The zero-order chi connectivity index (χ0) is 25.9. The van der Waals surface area contributed by atoms with Crippen molar-refractivity contribution in [2.24, 2.45) is 5.92 Å². The number of rotatable bonds is 7. The summed E-state index contributed by atoms with van der Waals surface area (Å²) in [6.45, 7) is 3.81. The number of halogens is 6. The van der Waals surface area contributed by atoms with E-state index in [1.54, 1.807) is 6.07 Å². The molecule has 3 aromatic rings. The van der Waals surface area contributed by atoms with E-state index in [-0.39, 0.29) is 28.5 Å². The van der Waals surface area contributed by atoms with Gasteiger partial charge in [-0.25, -0.2) is 8.78 Å². The Labute approximate surface area is 204 Å². The van der Waals surface area contributed by atoms with Crippen molar-refractivity contribution in [2.45, 2.75) is 32.4 Å². The summed E-state index contributed by atoms with van der Waals surface area (Å²) in [7, 11) is 1.24. The lowest BCUT2D eigenvalue weighted by Crippen LogP contribution is -2.16. The first-order valence-corrected chi connectivity index (χ1v) is 11.0. The lowest BCUT2D eigenvalue weighted by molar-refractivity contribution is -0.143. The maximum atomic E-state index is 13.7. The molecule has 0 spiro atoms. The summed E-state index contributed by atoms with van der Waals surface area (Å²) < 4.78 is 78.3. The molecule has 0 radical (unpaired) electrons. The van der Waals surface area contributed by atoms with Crippen LogP contribution in [0.15, 0.2) is 54.6 Å². The predicted octanol–water partition coefficient (Wildman–Crippen LogP) is 8.40. The van der Waals surface area contributed by atoms with Crippen LogP contribution in [0.4, 0.5) is 22.0 Å². The summed E-state index contributed by atoms with van der Waals surface area (Å²) in [5.41, 5.74) is -0.164. The number of methoxy groups -OCH3 is 1. The third kappa shape index (κ3) is 6.72. The van der Waals surface area contributed by atoms with Crippen LogP contribution in [-0.2, 0) is 15.7 Å². The van der Waals surface area contributed by atoms with Crippen LogP contribution < -0.4 is 4.74 Å². The van der Waals surface area contributed by atoms with E-state index in [9.17, 15) is 26.7 Å². The number of alkyl halides is 3. The third-order valence-corrected chi connectivity index (χ3v) is 5.53. The average molecular weight is 513 g/mol. The van der Waals surface area contributed by atoms with E-state index >= 15 is 0 Å². The smallest absolute Gasteiger partial charge is 0.417 e. The fourth-order valence-corrected chi connectivity index (χ4v) is 3.90. The van der Waals surface area contributed by atoms with Gasteiger partial charge in [0, 0.05) is 18.2 Å². The van der Waals surface area contributed by atoms with E-state index in [1.165, 1.54) is 25.3 Å².